The molecule has 1 aliphatic heterocycles. The van der Waals surface area contributed by atoms with E-state index in [2.05, 4.69) is 25.5 Å². The molecule has 48 heavy (non-hydrogen) atoms. The Hall–Kier alpha value is -4.91. The lowest BCUT2D eigenvalue weighted by atomic mass is 10.0. The molecule has 0 radical (unpaired) electrons. The molecule has 2 aromatic carbocycles. The standard InChI is InChI=1S/C35H34F3N5O4S/c36-35(37,38)31-10-7-24(20-40-31)21-41-33(46)26-11-13-39-30(18-26)28-19-27(43-14-2-1-3-15-43)8-9-29(28)42-34(47)25-6-4-5-23(17-25)22-48-16-12-32(44)45/h4-11,13,17-20H,1-3,12,14-16,21-22H2,(H,41,46)(H,42,47)(H,44,45)/p+1. The molecule has 0 saturated carbocycles. The molecule has 1 aliphatic rings. The Labute approximate surface area is 280 Å². The predicted octanol–water partition coefficient (Wildman–Crippen LogP) is 6.46. The highest BCUT2D eigenvalue weighted by Gasteiger charge is 2.37. The second-order valence-electron chi connectivity index (χ2n) is 11.3. The summed E-state index contributed by atoms with van der Waals surface area (Å²) in [4.78, 5) is 46.4. The number of benzene rings is 2. The number of thioether (sulfide) groups is 1. The number of hydrogen-bond acceptors (Lipinski definition) is 6. The number of nitrogens with one attached hydrogen (secondary N) is 3. The van der Waals surface area contributed by atoms with Crippen LogP contribution in [0.1, 0.15) is 63.2 Å². The number of aromatic amines is 1. The summed E-state index contributed by atoms with van der Waals surface area (Å²) in [6.07, 6.45) is 1.59. The summed E-state index contributed by atoms with van der Waals surface area (Å²) < 4.78 is 38.7. The van der Waals surface area contributed by atoms with Crippen molar-refractivity contribution in [1.29, 1.82) is 0 Å². The second-order valence-corrected chi connectivity index (χ2v) is 12.5. The Kier molecular flexibility index (Phi) is 11.3. The van der Waals surface area contributed by atoms with Gasteiger partial charge in [0.25, 0.3) is 17.5 Å². The first-order valence-electron chi connectivity index (χ1n) is 15.5. The summed E-state index contributed by atoms with van der Waals surface area (Å²) >= 11 is 1.48. The van der Waals surface area contributed by atoms with Gasteiger partial charge in [0, 0.05) is 71.3 Å². The van der Waals surface area contributed by atoms with Gasteiger partial charge < -0.3 is 20.6 Å². The molecule has 0 aliphatic carbocycles. The maximum absolute atomic E-state index is 13.5. The number of anilines is 2. The molecular formula is C35H35F3N5O4S+. The number of hydrogen-bond donors (Lipinski definition) is 3. The second kappa shape index (κ2) is 15.8. The SMILES string of the molecule is O=C(O)CCSCc1cccc(C(=O)Nc2ccc(N3CCCCC3)cc2-c2cc(C(=O)NCc3ccc(C(F)(F)F)[nH+]c3)ccn2)c1. The zero-order chi connectivity index (χ0) is 34.1. The summed E-state index contributed by atoms with van der Waals surface area (Å²) in [7, 11) is 0. The Bertz CT molecular complexity index is 1760. The number of halogens is 3. The number of carbonyl (C=O) groups excluding carboxylic acids is 2. The van der Waals surface area contributed by atoms with Crippen molar-refractivity contribution in [2.75, 3.05) is 29.1 Å². The number of nitrogens with zero attached hydrogens (tertiary/aromatic N) is 2. The molecule has 1 saturated heterocycles. The first-order chi connectivity index (χ1) is 23.1. The highest BCUT2D eigenvalue weighted by molar-refractivity contribution is 7.98. The van der Waals surface area contributed by atoms with Crippen molar-refractivity contribution in [3.05, 3.63) is 107 Å². The lowest BCUT2D eigenvalue weighted by Crippen LogP contribution is -2.29. The summed E-state index contributed by atoms with van der Waals surface area (Å²) in [5, 5.41) is 14.6. The number of rotatable bonds is 12. The summed E-state index contributed by atoms with van der Waals surface area (Å²) in [6, 6.07) is 18.3. The molecule has 13 heteroatoms. The Morgan fingerprint density at radius 2 is 1.71 bits per heavy atom. The number of pyridine rings is 2. The van der Waals surface area contributed by atoms with Crippen LogP contribution >= 0.6 is 11.8 Å². The van der Waals surface area contributed by atoms with Crippen molar-refractivity contribution in [2.24, 2.45) is 0 Å². The highest BCUT2D eigenvalue weighted by atomic mass is 32.2. The van der Waals surface area contributed by atoms with E-state index < -0.39 is 23.7 Å². The minimum absolute atomic E-state index is 0.00795. The zero-order valence-corrected chi connectivity index (χ0v) is 26.8. The fourth-order valence-corrected chi connectivity index (χ4v) is 6.17. The minimum Gasteiger partial charge on any atom is -0.481 e. The first-order valence-corrected chi connectivity index (χ1v) is 16.6. The number of amides is 2. The third-order valence-corrected chi connectivity index (χ3v) is 8.85. The normalized spacial score (nSPS) is 13.2. The Balaban J connectivity index is 1.36. The summed E-state index contributed by atoms with van der Waals surface area (Å²) in [5.74, 6) is -0.581. The topological polar surface area (TPSA) is 126 Å². The van der Waals surface area contributed by atoms with E-state index in [0.29, 0.717) is 45.1 Å². The number of alkyl halides is 3. The number of carboxylic acid groups (broad SMARTS) is 1. The van der Waals surface area contributed by atoms with Gasteiger partial charge in [-0.3, -0.25) is 19.4 Å². The maximum Gasteiger partial charge on any atom is 0.477 e. The number of H-pyrrole nitrogens is 1. The van der Waals surface area contributed by atoms with Crippen LogP contribution in [0, 0.1) is 0 Å². The third-order valence-electron chi connectivity index (χ3n) is 7.82. The number of aliphatic carboxylic acids is 1. The van der Waals surface area contributed by atoms with E-state index in [4.69, 9.17) is 5.11 Å². The van der Waals surface area contributed by atoms with Crippen LogP contribution in [0.4, 0.5) is 24.5 Å². The molecule has 9 nitrogen and oxygen atoms in total. The average molecular weight is 679 g/mol. The number of carbonyl (C=O) groups is 3. The van der Waals surface area contributed by atoms with E-state index in [1.54, 1.807) is 30.3 Å². The molecule has 2 amide bonds. The van der Waals surface area contributed by atoms with Gasteiger partial charge in [-0.25, -0.2) is 4.98 Å². The minimum atomic E-state index is -4.49. The van der Waals surface area contributed by atoms with Crippen molar-refractivity contribution in [3.8, 4) is 11.3 Å². The van der Waals surface area contributed by atoms with Gasteiger partial charge in [-0.05, 0) is 73.4 Å². The van der Waals surface area contributed by atoms with Crippen LogP contribution in [0.2, 0.25) is 0 Å². The molecule has 4 aromatic rings. The van der Waals surface area contributed by atoms with Crippen LogP contribution in [0.25, 0.3) is 11.3 Å². The van der Waals surface area contributed by atoms with Crippen LogP contribution in [0.3, 0.4) is 0 Å². The molecule has 5 rings (SSSR count). The van der Waals surface area contributed by atoms with Crippen LogP contribution in [-0.4, -0.2) is 46.7 Å². The molecule has 0 bridgehead atoms. The van der Waals surface area contributed by atoms with Crippen molar-refractivity contribution in [3.63, 3.8) is 0 Å². The fourth-order valence-electron chi connectivity index (χ4n) is 5.30. The Morgan fingerprint density at radius 3 is 2.44 bits per heavy atom. The Morgan fingerprint density at radius 1 is 0.917 bits per heavy atom. The largest absolute Gasteiger partial charge is 0.481 e. The smallest absolute Gasteiger partial charge is 0.477 e. The lowest BCUT2D eigenvalue weighted by Gasteiger charge is -2.29. The van der Waals surface area contributed by atoms with Gasteiger partial charge in [0.15, 0.2) is 6.20 Å². The van der Waals surface area contributed by atoms with Gasteiger partial charge in [-0.1, -0.05) is 12.1 Å². The number of piperidine rings is 1. The van der Waals surface area contributed by atoms with E-state index in [1.165, 1.54) is 30.2 Å². The molecule has 3 heterocycles. The van der Waals surface area contributed by atoms with E-state index in [0.717, 1.165) is 49.7 Å². The molecule has 2 aromatic heterocycles. The molecular weight excluding hydrogens is 643 g/mol. The quantitative estimate of drug-likeness (QED) is 0.147. The van der Waals surface area contributed by atoms with Gasteiger partial charge in [0.2, 0.25) is 0 Å². The molecule has 1 fully saturated rings. The maximum atomic E-state index is 13.5. The van der Waals surface area contributed by atoms with Crippen molar-refractivity contribution in [2.45, 2.75) is 44.2 Å². The van der Waals surface area contributed by atoms with Gasteiger partial charge in [-0.15, -0.1) is 0 Å². The van der Waals surface area contributed by atoms with E-state index in [9.17, 15) is 27.6 Å². The monoisotopic (exact) mass is 678 g/mol. The van der Waals surface area contributed by atoms with Gasteiger partial charge in [0.05, 0.1) is 17.8 Å². The number of carboxylic acids is 1. The van der Waals surface area contributed by atoms with E-state index in [1.807, 2.05) is 24.3 Å². The van der Waals surface area contributed by atoms with Crippen LogP contribution in [0.5, 0.6) is 0 Å². The first kappa shape index (κ1) is 34.4. The fraction of sp³-hybridized carbons (Fsp3) is 0.286. The van der Waals surface area contributed by atoms with Crippen LogP contribution in [-0.2, 0) is 23.3 Å². The molecule has 0 unspecified atom stereocenters. The molecule has 0 spiro atoms. The van der Waals surface area contributed by atoms with Crippen LogP contribution in [0.15, 0.2) is 79.1 Å². The summed E-state index contributed by atoms with van der Waals surface area (Å²) in [6.45, 7) is 1.81. The third kappa shape index (κ3) is 9.34. The highest BCUT2D eigenvalue weighted by Crippen LogP contribution is 2.33. The van der Waals surface area contributed by atoms with E-state index >= 15 is 0 Å². The van der Waals surface area contributed by atoms with Crippen molar-refractivity contribution >= 4 is 40.9 Å². The van der Waals surface area contributed by atoms with Crippen molar-refractivity contribution in [1.82, 2.24) is 10.3 Å². The summed E-state index contributed by atoms with van der Waals surface area (Å²) in [5.41, 5.74) is 3.78. The molecule has 4 N–H and O–H groups in total. The van der Waals surface area contributed by atoms with Crippen molar-refractivity contribution < 1.29 is 37.6 Å². The van der Waals surface area contributed by atoms with E-state index in [-0.39, 0.29) is 18.9 Å². The zero-order valence-electron chi connectivity index (χ0n) is 26.0. The molecule has 250 valence electrons. The average Bonchev–Trinajstić information content (AvgIpc) is 3.09. The lowest BCUT2D eigenvalue weighted by molar-refractivity contribution is -0.426. The van der Waals surface area contributed by atoms with Gasteiger partial charge >= 0.3 is 12.1 Å². The van der Waals surface area contributed by atoms with Crippen LogP contribution < -0.4 is 20.5 Å². The molecule has 0 atom stereocenters. The van der Waals surface area contributed by atoms with Gasteiger partial charge in [0.1, 0.15) is 0 Å². The predicted molar refractivity (Wildman–Crippen MR) is 178 cm³/mol. The number of aromatic nitrogens is 2. The van der Waals surface area contributed by atoms with Gasteiger partial charge in [-0.2, -0.15) is 24.9 Å².